The van der Waals surface area contributed by atoms with Crippen molar-refractivity contribution in [2.45, 2.75) is 66.6 Å². The minimum Gasteiger partial charge on any atom is -0.484 e. The molecule has 0 heterocycles. The van der Waals surface area contributed by atoms with Crippen LogP contribution < -0.4 is 10.1 Å². The maximum atomic E-state index is 13.1. The van der Waals surface area contributed by atoms with Crippen LogP contribution in [0.3, 0.4) is 0 Å². The van der Waals surface area contributed by atoms with E-state index in [1.54, 1.807) is 11.8 Å². The molecule has 0 unspecified atom stereocenters. The molecule has 5 heteroatoms. The lowest BCUT2D eigenvalue weighted by atomic mass is 10.1. The summed E-state index contributed by atoms with van der Waals surface area (Å²) in [6.45, 7) is 13.7. The Morgan fingerprint density at radius 2 is 1.53 bits per heavy atom. The molecule has 0 aliphatic rings. The predicted molar refractivity (Wildman–Crippen MR) is 120 cm³/mol. The van der Waals surface area contributed by atoms with Crippen LogP contribution in [0, 0.1) is 20.8 Å². The van der Waals surface area contributed by atoms with E-state index in [1.165, 1.54) is 0 Å². The summed E-state index contributed by atoms with van der Waals surface area (Å²) in [6.07, 6.45) is 0. The van der Waals surface area contributed by atoms with Gasteiger partial charge in [-0.25, -0.2) is 0 Å². The molecule has 2 aromatic rings. The normalized spacial score (nSPS) is 12.2. The maximum absolute atomic E-state index is 13.1. The number of nitrogens with zero attached hydrogens (tertiary/aromatic N) is 1. The SMILES string of the molecule is Cc1ccc(CN(C(=O)COc2cc(C)cc(C)c2)[C@@H](C)C(=O)NC(C)(C)C)cc1. The number of rotatable bonds is 7. The van der Waals surface area contributed by atoms with Crippen LogP contribution in [0.15, 0.2) is 42.5 Å². The van der Waals surface area contributed by atoms with E-state index in [0.717, 1.165) is 22.3 Å². The Hall–Kier alpha value is -2.82. The second-order valence-corrected chi connectivity index (χ2v) is 9.03. The fourth-order valence-electron chi connectivity index (χ4n) is 3.19. The molecule has 0 saturated heterocycles. The Balaban J connectivity index is 2.18. The molecule has 0 radical (unpaired) electrons. The van der Waals surface area contributed by atoms with Crippen LogP contribution in [0.4, 0.5) is 0 Å². The molecule has 0 saturated carbocycles. The van der Waals surface area contributed by atoms with Gasteiger partial charge in [0.2, 0.25) is 5.91 Å². The molecule has 1 N–H and O–H groups in total. The molecular formula is C25H34N2O3. The average molecular weight is 411 g/mol. The van der Waals surface area contributed by atoms with E-state index in [9.17, 15) is 9.59 Å². The van der Waals surface area contributed by atoms with Gasteiger partial charge in [0.25, 0.3) is 5.91 Å². The standard InChI is InChI=1S/C25H34N2O3/c1-17-8-10-21(11-9-17)15-27(20(4)24(29)26-25(5,6)7)23(28)16-30-22-13-18(2)12-19(3)14-22/h8-14,20H,15-16H2,1-7H3,(H,26,29)/t20-/m0/s1. The fourth-order valence-corrected chi connectivity index (χ4v) is 3.19. The van der Waals surface area contributed by atoms with Gasteiger partial charge < -0.3 is 15.0 Å². The Kier molecular flexibility index (Phi) is 7.65. The zero-order chi connectivity index (χ0) is 22.5. The van der Waals surface area contributed by atoms with Crippen LogP contribution in [-0.2, 0) is 16.1 Å². The number of aryl methyl sites for hydroxylation is 3. The first-order chi connectivity index (χ1) is 13.9. The van der Waals surface area contributed by atoms with Gasteiger partial charge in [-0.05, 0) is 77.3 Å². The first-order valence-electron chi connectivity index (χ1n) is 10.3. The molecular weight excluding hydrogens is 376 g/mol. The molecule has 162 valence electrons. The van der Waals surface area contributed by atoms with Crippen LogP contribution in [0.25, 0.3) is 0 Å². The number of nitrogens with one attached hydrogen (secondary N) is 1. The van der Waals surface area contributed by atoms with Crippen molar-refractivity contribution in [3.05, 3.63) is 64.7 Å². The highest BCUT2D eigenvalue weighted by Crippen LogP contribution is 2.17. The highest BCUT2D eigenvalue weighted by Gasteiger charge is 2.28. The van der Waals surface area contributed by atoms with E-state index in [-0.39, 0.29) is 24.0 Å². The van der Waals surface area contributed by atoms with Crippen LogP contribution in [-0.4, -0.2) is 34.9 Å². The van der Waals surface area contributed by atoms with Crippen molar-refractivity contribution in [1.82, 2.24) is 10.2 Å². The molecule has 0 bridgehead atoms. The summed E-state index contributed by atoms with van der Waals surface area (Å²) in [5, 5.41) is 2.96. The lowest BCUT2D eigenvalue weighted by Gasteiger charge is -2.31. The van der Waals surface area contributed by atoms with Crippen molar-refractivity contribution >= 4 is 11.8 Å². The van der Waals surface area contributed by atoms with Crippen LogP contribution in [0.2, 0.25) is 0 Å². The number of hydrogen-bond acceptors (Lipinski definition) is 3. The van der Waals surface area contributed by atoms with Gasteiger partial charge in [0.1, 0.15) is 11.8 Å². The minimum absolute atomic E-state index is 0.123. The van der Waals surface area contributed by atoms with Crippen molar-refractivity contribution < 1.29 is 14.3 Å². The fraction of sp³-hybridized carbons (Fsp3) is 0.440. The van der Waals surface area contributed by atoms with Gasteiger partial charge in [-0.15, -0.1) is 0 Å². The molecule has 2 aromatic carbocycles. The maximum Gasteiger partial charge on any atom is 0.261 e. The molecule has 1 atom stereocenters. The molecule has 0 spiro atoms. The number of amides is 2. The average Bonchev–Trinajstić information content (AvgIpc) is 2.63. The van der Waals surface area contributed by atoms with E-state index < -0.39 is 6.04 Å². The van der Waals surface area contributed by atoms with Crippen LogP contribution in [0.5, 0.6) is 5.75 Å². The number of benzene rings is 2. The van der Waals surface area contributed by atoms with Gasteiger partial charge in [-0.1, -0.05) is 35.9 Å². The first-order valence-corrected chi connectivity index (χ1v) is 10.3. The topological polar surface area (TPSA) is 58.6 Å². The van der Waals surface area contributed by atoms with E-state index in [0.29, 0.717) is 12.3 Å². The Morgan fingerprint density at radius 3 is 2.07 bits per heavy atom. The second-order valence-electron chi connectivity index (χ2n) is 9.03. The predicted octanol–water partition coefficient (Wildman–Crippen LogP) is 4.32. The van der Waals surface area contributed by atoms with E-state index in [2.05, 4.69) is 11.4 Å². The van der Waals surface area contributed by atoms with E-state index >= 15 is 0 Å². The monoisotopic (exact) mass is 410 g/mol. The zero-order valence-electron chi connectivity index (χ0n) is 19.2. The van der Waals surface area contributed by atoms with E-state index in [4.69, 9.17) is 4.74 Å². The van der Waals surface area contributed by atoms with Crippen molar-refractivity contribution in [3.8, 4) is 5.75 Å². The van der Waals surface area contributed by atoms with Crippen molar-refractivity contribution in [1.29, 1.82) is 0 Å². The minimum atomic E-state index is -0.624. The lowest BCUT2D eigenvalue weighted by molar-refractivity contribution is -0.142. The van der Waals surface area contributed by atoms with Gasteiger partial charge in [0, 0.05) is 12.1 Å². The zero-order valence-corrected chi connectivity index (χ0v) is 19.2. The summed E-state index contributed by atoms with van der Waals surface area (Å²) in [6, 6.07) is 13.2. The van der Waals surface area contributed by atoms with Crippen LogP contribution in [0.1, 0.15) is 49.9 Å². The quantitative estimate of drug-likeness (QED) is 0.739. The molecule has 5 nitrogen and oxygen atoms in total. The van der Waals surface area contributed by atoms with Gasteiger partial charge in [0.15, 0.2) is 6.61 Å². The summed E-state index contributed by atoms with van der Waals surface area (Å²) < 4.78 is 5.78. The third-order valence-electron chi connectivity index (χ3n) is 4.70. The third-order valence-corrected chi connectivity index (χ3v) is 4.70. The molecule has 2 rings (SSSR count). The number of carbonyl (C=O) groups is 2. The highest BCUT2D eigenvalue weighted by molar-refractivity contribution is 5.88. The van der Waals surface area contributed by atoms with Crippen molar-refractivity contribution in [2.75, 3.05) is 6.61 Å². The van der Waals surface area contributed by atoms with Gasteiger partial charge in [-0.2, -0.15) is 0 Å². The smallest absolute Gasteiger partial charge is 0.261 e. The molecule has 30 heavy (non-hydrogen) atoms. The molecule has 0 aromatic heterocycles. The molecule has 0 fully saturated rings. The summed E-state index contributed by atoms with van der Waals surface area (Å²) in [5.41, 5.74) is 3.89. The number of ether oxygens (including phenoxy) is 1. The third kappa shape index (κ3) is 7.21. The molecule has 0 aliphatic heterocycles. The lowest BCUT2D eigenvalue weighted by Crippen LogP contribution is -2.53. The first kappa shape index (κ1) is 23.5. The van der Waals surface area contributed by atoms with Gasteiger partial charge >= 0.3 is 0 Å². The Morgan fingerprint density at radius 1 is 0.967 bits per heavy atom. The van der Waals surface area contributed by atoms with Crippen LogP contribution >= 0.6 is 0 Å². The van der Waals surface area contributed by atoms with Gasteiger partial charge in [0.05, 0.1) is 0 Å². The highest BCUT2D eigenvalue weighted by atomic mass is 16.5. The largest absolute Gasteiger partial charge is 0.484 e. The molecule has 0 aliphatic carbocycles. The van der Waals surface area contributed by atoms with E-state index in [1.807, 2.05) is 77.9 Å². The molecule has 2 amide bonds. The van der Waals surface area contributed by atoms with Gasteiger partial charge in [-0.3, -0.25) is 9.59 Å². The Labute approximate surface area is 180 Å². The van der Waals surface area contributed by atoms with Crippen molar-refractivity contribution in [2.24, 2.45) is 0 Å². The summed E-state index contributed by atoms with van der Waals surface area (Å²) >= 11 is 0. The number of hydrogen-bond donors (Lipinski definition) is 1. The van der Waals surface area contributed by atoms with Crippen molar-refractivity contribution in [3.63, 3.8) is 0 Å². The summed E-state index contributed by atoms with van der Waals surface area (Å²) in [7, 11) is 0. The number of carbonyl (C=O) groups excluding carboxylic acids is 2. The summed E-state index contributed by atoms with van der Waals surface area (Å²) in [4.78, 5) is 27.4. The second kappa shape index (κ2) is 9.79. The Bertz CT molecular complexity index is 862. The summed E-state index contributed by atoms with van der Waals surface area (Å²) in [5.74, 6) is 0.239.